The maximum atomic E-state index is 6.80. The fraction of sp³-hybridized carbons (Fsp3) is 0.538. The predicted octanol–water partition coefficient (Wildman–Crippen LogP) is 4.02. The Morgan fingerprint density at radius 2 is 0.939 bits per heavy atom. The molecule has 0 bridgehead atoms. The molecule has 0 radical (unpaired) electrons. The fourth-order valence-electron chi connectivity index (χ4n) is 3.83. The van der Waals surface area contributed by atoms with Crippen LogP contribution in [0.4, 0.5) is 0 Å². The van der Waals surface area contributed by atoms with Crippen molar-refractivity contribution in [2.24, 2.45) is 0 Å². The molecular formula is C26H39BrO5Si. The second-order valence-electron chi connectivity index (χ2n) is 8.65. The monoisotopic (exact) mass is 538 g/mol. The number of rotatable bonds is 17. The van der Waals surface area contributed by atoms with Gasteiger partial charge in [-0.25, -0.2) is 0 Å². The highest BCUT2D eigenvalue weighted by Crippen LogP contribution is 2.36. The molecule has 0 heterocycles. The minimum Gasteiger partial charge on any atom is -0.405 e. The predicted molar refractivity (Wildman–Crippen MR) is 141 cm³/mol. The van der Waals surface area contributed by atoms with E-state index in [0.29, 0.717) is 59.5 Å². The highest BCUT2D eigenvalue weighted by molar-refractivity contribution is 9.09. The molecule has 0 aromatic heterocycles. The Hall–Kier alpha value is -1.06. The molecule has 0 atom stereocenters. The molecule has 2 aromatic carbocycles. The number of hydrogen-bond donors (Lipinski definition) is 0. The van der Waals surface area contributed by atoms with Crippen molar-refractivity contribution < 1.29 is 23.4 Å². The van der Waals surface area contributed by atoms with Gasteiger partial charge in [0.25, 0.3) is 8.32 Å². The van der Waals surface area contributed by atoms with Crippen LogP contribution >= 0.6 is 15.9 Å². The summed E-state index contributed by atoms with van der Waals surface area (Å²) in [6.07, 6.45) is 0. The van der Waals surface area contributed by atoms with Crippen LogP contribution in [-0.2, 0) is 23.4 Å². The zero-order valence-electron chi connectivity index (χ0n) is 20.3. The molecule has 0 saturated carbocycles. The summed E-state index contributed by atoms with van der Waals surface area (Å²) in [5.41, 5.74) is 0. The number of ether oxygens (including phenoxy) is 4. The molecule has 0 amide bonds. The van der Waals surface area contributed by atoms with Crippen LogP contribution in [-0.4, -0.2) is 73.1 Å². The van der Waals surface area contributed by atoms with Gasteiger partial charge in [0, 0.05) is 5.33 Å². The third kappa shape index (κ3) is 9.24. The molecule has 5 nitrogen and oxygen atoms in total. The fourth-order valence-corrected chi connectivity index (χ4v) is 8.61. The summed E-state index contributed by atoms with van der Waals surface area (Å²) in [7, 11) is -2.49. The van der Waals surface area contributed by atoms with Gasteiger partial charge < -0.3 is 23.4 Å². The molecular weight excluding hydrogens is 500 g/mol. The van der Waals surface area contributed by atoms with Crippen LogP contribution in [0.15, 0.2) is 60.7 Å². The van der Waals surface area contributed by atoms with Crippen LogP contribution in [0.1, 0.15) is 20.8 Å². The van der Waals surface area contributed by atoms with E-state index >= 15 is 0 Å². The van der Waals surface area contributed by atoms with Gasteiger partial charge in [0.05, 0.1) is 59.5 Å². The second-order valence-corrected chi connectivity index (χ2v) is 13.7. The molecule has 2 aromatic rings. The van der Waals surface area contributed by atoms with E-state index in [2.05, 4.69) is 97.4 Å². The number of benzene rings is 2. The van der Waals surface area contributed by atoms with Crippen LogP contribution in [0, 0.1) is 0 Å². The van der Waals surface area contributed by atoms with Crippen molar-refractivity contribution in [1.82, 2.24) is 0 Å². The number of halogens is 1. The largest absolute Gasteiger partial charge is 0.405 e. The standard InChI is InChI=1S/C26H39BrO5Si/c1-26(2,3)33(24-10-6-4-7-11-24,25-12-8-5-9-13-25)32-23-22-31-21-20-30-19-18-29-17-16-28-15-14-27/h4-13H,14-23H2,1-3H3. The average molecular weight is 540 g/mol. The topological polar surface area (TPSA) is 46.2 Å². The van der Waals surface area contributed by atoms with E-state index in [4.69, 9.17) is 23.4 Å². The third-order valence-electron chi connectivity index (χ3n) is 5.30. The molecule has 0 aliphatic heterocycles. The SMILES string of the molecule is CC(C)(C)[Si](OCCOCCOCCOCCOCCBr)(c1ccccc1)c1ccccc1. The van der Waals surface area contributed by atoms with Gasteiger partial charge in [-0.15, -0.1) is 0 Å². The first-order valence-corrected chi connectivity index (χ1v) is 14.7. The Labute approximate surface area is 209 Å². The summed E-state index contributed by atoms with van der Waals surface area (Å²) in [6.45, 7) is 12.0. The Balaban J connectivity index is 1.77. The van der Waals surface area contributed by atoms with Gasteiger partial charge in [0.2, 0.25) is 0 Å². The van der Waals surface area contributed by atoms with Crippen molar-refractivity contribution in [3.05, 3.63) is 60.7 Å². The van der Waals surface area contributed by atoms with Crippen molar-refractivity contribution in [1.29, 1.82) is 0 Å². The lowest BCUT2D eigenvalue weighted by Gasteiger charge is -2.43. The van der Waals surface area contributed by atoms with Crippen LogP contribution in [0.5, 0.6) is 0 Å². The molecule has 33 heavy (non-hydrogen) atoms. The van der Waals surface area contributed by atoms with Crippen molar-refractivity contribution >= 4 is 34.6 Å². The van der Waals surface area contributed by atoms with Gasteiger partial charge in [-0.1, -0.05) is 97.4 Å². The van der Waals surface area contributed by atoms with Crippen molar-refractivity contribution in [2.75, 3.05) is 64.8 Å². The van der Waals surface area contributed by atoms with Crippen LogP contribution < -0.4 is 10.4 Å². The Morgan fingerprint density at radius 3 is 1.30 bits per heavy atom. The summed E-state index contributed by atoms with van der Waals surface area (Å²) in [5, 5.41) is 3.38. The first-order valence-electron chi connectivity index (χ1n) is 11.6. The molecule has 0 aliphatic carbocycles. The summed E-state index contributed by atoms with van der Waals surface area (Å²) in [5.74, 6) is 0. The molecule has 0 saturated heterocycles. The van der Waals surface area contributed by atoms with E-state index in [1.807, 2.05) is 0 Å². The Morgan fingerprint density at radius 1 is 0.576 bits per heavy atom. The van der Waals surface area contributed by atoms with E-state index in [9.17, 15) is 0 Å². The Kier molecular flexibility index (Phi) is 13.5. The molecule has 0 fully saturated rings. The molecule has 0 aliphatic rings. The van der Waals surface area contributed by atoms with Gasteiger partial charge in [0.15, 0.2) is 0 Å². The van der Waals surface area contributed by atoms with Crippen LogP contribution in [0.3, 0.4) is 0 Å². The van der Waals surface area contributed by atoms with Crippen molar-refractivity contribution in [2.45, 2.75) is 25.8 Å². The second kappa shape index (κ2) is 15.8. The maximum Gasteiger partial charge on any atom is 0.261 e. The lowest BCUT2D eigenvalue weighted by atomic mass is 10.2. The van der Waals surface area contributed by atoms with Crippen molar-refractivity contribution in [3.63, 3.8) is 0 Å². The first-order chi connectivity index (χ1) is 16.0. The number of hydrogen-bond acceptors (Lipinski definition) is 5. The number of alkyl halides is 1. The van der Waals surface area contributed by atoms with E-state index in [-0.39, 0.29) is 5.04 Å². The normalized spacial score (nSPS) is 12.2. The van der Waals surface area contributed by atoms with Gasteiger partial charge in [0.1, 0.15) is 0 Å². The zero-order chi connectivity index (χ0) is 23.8. The molecule has 0 spiro atoms. The molecule has 0 N–H and O–H groups in total. The lowest BCUT2D eigenvalue weighted by molar-refractivity contribution is -0.00349. The third-order valence-corrected chi connectivity index (χ3v) is 10.7. The van der Waals surface area contributed by atoms with Gasteiger partial charge >= 0.3 is 0 Å². The summed E-state index contributed by atoms with van der Waals surface area (Å²) < 4.78 is 29.0. The maximum absolute atomic E-state index is 6.80. The van der Waals surface area contributed by atoms with Crippen LogP contribution in [0.25, 0.3) is 0 Å². The van der Waals surface area contributed by atoms with Gasteiger partial charge in [-0.2, -0.15) is 0 Å². The van der Waals surface area contributed by atoms with E-state index in [1.165, 1.54) is 10.4 Å². The van der Waals surface area contributed by atoms with E-state index < -0.39 is 8.32 Å². The van der Waals surface area contributed by atoms with E-state index in [1.54, 1.807) is 0 Å². The van der Waals surface area contributed by atoms with Gasteiger partial charge in [-0.05, 0) is 15.4 Å². The molecule has 184 valence electrons. The highest BCUT2D eigenvalue weighted by Gasteiger charge is 2.49. The zero-order valence-corrected chi connectivity index (χ0v) is 22.8. The van der Waals surface area contributed by atoms with Crippen LogP contribution in [0.2, 0.25) is 5.04 Å². The van der Waals surface area contributed by atoms with Gasteiger partial charge in [-0.3, -0.25) is 0 Å². The lowest BCUT2D eigenvalue weighted by Crippen LogP contribution is -2.66. The molecule has 0 unspecified atom stereocenters. The average Bonchev–Trinajstić information content (AvgIpc) is 2.82. The summed E-state index contributed by atoms with van der Waals surface area (Å²) >= 11 is 3.32. The first kappa shape index (κ1) is 28.2. The minimum absolute atomic E-state index is 0.0297. The molecule has 7 heteroatoms. The Bertz CT molecular complexity index is 700. The highest BCUT2D eigenvalue weighted by atomic mass is 79.9. The van der Waals surface area contributed by atoms with Crippen molar-refractivity contribution in [3.8, 4) is 0 Å². The minimum atomic E-state index is -2.49. The van der Waals surface area contributed by atoms with E-state index in [0.717, 1.165) is 5.33 Å². The summed E-state index contributed by atoms with van der Waals surface area (Å²) in [4.78, 5) is 0. The quantitative estimate of drug-likeness (QED) is 0.173. The smallest absolute Gasteiger partial charge is 0.261 e. The summed E-state index contributed by atoms with van der Waals surface area (Å²) in [6, 6.07) is 21.3. The molecule has 2 rings (SSSR count).